The van der Waals surface area contributed by atoms with Crippen molar-refractivity contribution in [2.75, 3.05) is 6.61 Å². The molecule has 0 amide bonds. The van der Waals surface area contributed by atoms with Crippen molar-refractivity contribution < 1.29 is 14.0 Å². The Morgan fingerprint density at radius 2 is 1.72 bits per heavy atom. The summed E-state index contributed by atoms with van der Waals surface area (Å²) in [6, 6.07) is 8.30. The number of epoxide rings is 1. The van der Waals surface area contributed by atoms with E-state index in [2.05, 4.69) is 39.8 Å². The fraction of sp³-hybridized carbons (Fsp3) is 0.571. The van der Waals surface area contributed by atoms with E-state index in [1.807, 2.05) is 12.1 Å². The average Bonchev–Trinajstić information content (AvgIpc) is 3.08. The van der Waals surface area contributed by atoms with Crippen LogP contribution in [0.15, 0.2) is 24.3 Å². The van der Waals surface area contributed by atoms with Crippen LogP contribution in [0.5, 0.6) is 0 Å². The van der Waals surface area contributed by atoms with Gasteiger partial charge in [0.2, 0.25) is 0 Å². The molecule has 0 bridgehead atoms. The maximum absolute atomic E-state index is 6.04. The molecule has 2 saturated heterocycles. The maximum atomic E-state index is 6.04. The van der Waals surface area contributed by atoms with Crippen molar-refractivity contribution in [3.05, 3.63) is 29.8 Å². The molecule has 18 heavy (non-hydrogen) atoms. The molecule has 3 rings (SSSR count). The van der Waals surface area contributed by atoms with Gasteiger partial charge in [0.1, 0.15) is 6.10 Å². The van der Waals surface area contributed by atoms with Gasteiger partial charge in [-0.3, -0.25) is 0 Å². The van der Waals surface area contributed by atoms with Crippen LogP contribution in [-0.2, 0) is 14.0 Å². The third-order valence-corrected chi connectivity index (χ3v) is 4.14. The number of hydrogen-bond donors (Lipinski definition) is 0. The van der Waals surface area contributed by atoms with Crippen LogP contribution < -0.4 is 5.46 Å². The first-order valence-electron chi connectivity index (χ1n) is 6.46. The molecule has 2 fully saturated rings. The molecule has 0 aromatic heterocycles. The van der Waals surface area contributed by atoms with Crippen molar-refractivity contribution in [3.8, 4) is 0 Å². The molecular formula is C14H19BO3. The molecule has 0 aliphatic carbocycles. The van der Waals surface area contributed by atoms with Crippen LogP contribution >= 0.6 is 0 Å². The molecule has 1 unspecified atom stereocenters. The zero-order valence-corrected chi connectivity index (χ0v) is 11.4. The van der Waals surface area contributed by atoms with Crippen LogP contribution in [0, 0.1) is 0 Å². The molecular weight excluding hydrogens is 227 g/mol. The summed E-state index contributed by atoms with van der Waals surface area (Å²) in [6.45, 7) is 9.11. The van der Waals surface area contributed by atoms with Gasteiger partial charge in [0.25, 0.3) is 0 Å². The van der Waals surface area contributed by atoms with Gasteiger partial charge in [0.15, 0.2) is 0 Å². The Kier molecular flexibility index (Phi) is 2.60. The predicted molar refractivity (Wildman–Crippen MR) is 70.9 cm³/mol. The molecule has 2 heterocycles. The summed E-state index contributed by atoms with van der Waals surface area (Å²) in [5, 5.41) is 0. The van der Waals surface area contributed by atoms with Crippen LogP contribution in [-0.4, -0.2) is 24.9 Å². The molecule has 0 spiro atoms. The summed E-state index contributed by atoms with van der Waals surface area (Å²) in [5.74, 6) is 0. The predicted octanol–water partition coefficient (Wildman–Crippen LogP) is 2.06. The molecule has 1 atom stereocenters. The SMILES string of the molecule is CC1(C)OB(c2cccc(C3CO3)c2)OC1(C)C. The highest BCUT2D eigenvalue weighted by Crippen LogP contribution is 2.37. The third kappa shape index (κ3) is 1.98. The second-order valence-corrected chi connectivity index (χ2v) is 6.08. The van der Waals surface area contributed by atoms with E-state index < -0.39 is 0 Å². The summed E-state index contributed by atoms with van der Waals surface area (Å²) in [6.07, 6.45) is 0.271. The minimum absolute atomic E-state index is 0.271. The van der Waals surface area contributed by atoms with E-state index in [-0.39, 0.29) is 24.4 Å². The molecule has 96 valence electrons. The van der Waals surface area contributed by atoms with E-state index in [1.165, 1.54) is 5.56 Å². The Hall–Kier alpha value is -0.835. The van der Waals surface area contributed by atoms with Crippen LogP contribution in [0.1, 0.15) is 39.4 Å². The lowest BCUT2D eigenvalue weighted by Gasteiger charge is -2.32. The number of benzene rings is 1. The van der Waals surface area contributed by atoms with E-state index in [9.17, 15) is 0 Å². The van der Waals surface area contributed by atoms with Crippen LogP contribution in [0.25, 0.3) is 0 Å². The summed E-state index contributed by atoms with van der Waals surface area (Å²) in [5.41, 5.74) is 1.71. The van der Waals surface area contributed by atoms with E-state index >= 15 is 0 Å². The lowest BCUT2D eigenvalue weighted by Crippen LogP contribution is -2.41. The second-order valence-electron chi connectivity index (χ2n) is 6.08. The smallest absolute Gasteiger partial charge is 0.399 e. The number of ether oxygens (including phenoxy) is 1. The van der Waals surface area contributed by atoms with Gasteiger partial charge in [-0.25, -0.2) is 0 Å². The first kappa shape index (κ1) is 12.2. The van der Waals surface area contributed by atoms with Crippen LogP contribution in [0.4, 0.5) is 0 Å². The van der Waals surface area contributed by atoms with Gasteiger partial charge in [-0.05, 0) is 38.7 Å². The van der Waals surface area contributed by atoms with E-state index in [4.69, 9.17) is 14.0 Å². The topological polar surface area (TPSA) is 31.0 Å². The Balaban J connectivity index is 1.86. The fourth-order valence-corrected chi connectivity index (χ4v) is 2.13. The van der Waals surface area contributed by atoms with E-state index in [0.717, 1.165) is 12.1 Å². The normalized spacial score (nSPS) is 28.4. The third-order valence-electron chi connectivity index (χ3n) is 4.14. The summed E-state index contributed by atoms with van der Waals surface area (Å²) in [4.78, 5) is 0. The van der Waals surface area contributed by atoms with Gasteiger partial charge >= 0.3 is 7.12 Å². The minimum Gasteiger partial charge on any atom is -0.399 e. The maximum Gasteiger partial charge on any atom is 0.494 e. The van der Waals surface area contributed by atoms with Gasteiger partial charge < -0.3 is 14.0 Å². The van der Waals surface area contributed by atoms with Gasteiger partial charge in [-0.1, -0.05) is 24.3 Å². The number of hydrogen-bond acceptors (Lipinski definition) is 3. The first-order valence-corrected chi connectivity index (χ1v) is 6.46. The van der Waals surface area contributed by atoms with E-state index in [1.54, 1.807) is 0 Å². The van der Waals surface area contributed by atoms with Crippen molar-refractivity contribution in [1.82, 2.24) is 0 Å². The van der Waals surface area contributed by atoms with Crippen molar-refractivity contribution in [1.29, 1.82) is 0 Å². The van der Waals surface area contributed by atoms with Crippen molar-refractivity contribution in [2.45, 2.75) is 45.0 Å². The Bertz CT molecular complexity index is 450. The van der Waals surface area contributed by atoms with Crippen LogP contribution in [0.3, 0.4) is 0 Å². The molecule has 4 heteroatoms. The summed E-state index contributed by atoms with van der Waals surface area (Å²) < 4.78 is 17.4. The van der Waals surface area contributed by atoms with E-state index in [0.29, 0.717) is 0 Å². The lowest BCUT2D eigenvalue weighted by atomic mass is 9.78. The van der Waals surface area contributed by atoms with Gasteiger partial charge in [0.05, 0.1) is 17.8 Å². The van der Waals surface area contributed by atoms with Crippen molar-refractivity contribution >= 4 is 12.6 Å². The van der Waals surface area contributed by atoms with Gasteiger partial charge in [0, 0.05) is 0 Å². The van der Waals surface area contributed by atoms with Gasteiger partial charge in [-0.2, -0.15) is 0 Å². The Morgan fingerprint density at radius 1 is 1.11 bits per heavy atom. The summed E-state index contributed by atoms with van der Waals surface area (Å²) >= 11 is 0. The summed E-state index contributed by atoms with van der Waals surface area (Å²) in [7, 11) is -0.284. The molecule has 3 nitrogen and oxygen atoms in total. The van der Waals surface area contributed by atoms with Crippen molar-refractivity contribution in [3.63, 3.8) is 0 Å². The molecule has 1 aromatic rings. The largest absolute Gasteiger partial charge is 0.494 e. The second kappa shape index (κ2) is 3.83. The Morgan fingerprint density at radius 3 is 2.28 bits per heavy atom. The Labute approximate surface area is 109 Å². The zero-order chi connectivity index (χ0) is 13.0. The molecule has 1 aromatic carbocycles. The standard InChI is InChI=1S/C14H19BO3/c1-13(2)14(3,4)18-15(17-13)11-7-5-6-10(8-11)12-9-16-12/h5-8,12H,9H2,1-4H3. The highest BCUT2D eigenvalue weighted by atomic mass is 16.7. The fourth-order valence-electron chi connectivity index (χ4n) is 2.13. The molecule has 0 N–H and O–H groups in total. The highest BCUT2D eigenvalue weighted by molar-refractivity contribution is 6.62. The highest BCUT2D eigenvalue weighted by Gasteiger charge is 2.51. The average molecular weight is 246 g/mol. The molecule has 2 aliphatic heterocycles. The molecule has 2 aliphatic rings. The van der Waals surface area contributed by atoms with Gasteiger partial charge in [-0.15, -0.1) is 0 Å². The van der Waals surface area contributed by atoms with Crippen molar-refractivity contribution in [2.24, 2.45) is 0 Å². The molecule has 0 radical (unpaired) electrons. The quantitative estimate of drug-likeness (QED) is 0.591. The molecule has 0 saturated carbocycles. The monoisotopic (exact) mass is 246 g/mol. The minimum atomic E-state index is -0.288. The first-order chi connectivity index (χ1) is 8.39. The zero-order valence-electron chi connectivity index (χ0n) is 11.4. The number of rotatable bonds is 2. The lowest BCUT2D eigenvalue weighted by molar-refractivity contribution is 0.00578. The van der Waals surface area contributed by atoms with Crippen LogP contribution in [0.2, 0.25) is 0 Å².